The normalized spacial score (nSPS) is 20.6. The first-order valence-corrected chi connectivity index (χ1v) is 14.8. The van der Waals surface area contributed by atoms with Crippen LogP contribution < -0.4 is 10.6 Å². The molecule has 14 heteroatoms. The van der Waals surface area contributed by atoms with E-state index in [0.29, 0.717) is 5.56 Å². The van der Waals surface area contributed by atoms with Crippen molar-refractivity contribution in [3.63, 3.8) is 0 Å². The molecule has 0 radical (unpaired) electrons. The molecule has 1 N–H and O–H groups in total. The fraction of sp³-hybridized carbons (Fsp3) is 0.333. The van der Waals surface area contributed by atoms with Crippen molar-refractivity contribution in [2.75, 3.05) is 23.7 Å². The van der Waals surface area contributed by atoms with Crippen LogP contribution in [0.1, 0.15) is 30.9 Å². The van der Waals surface area contributed by atoms with E-state index in [1.165, 1.54) is 33.9 Å². The van der Waals surface area contributed by atoms with Gasteiger partial charge in [0.25, 0.3) is 0 Å². The van der Waals surface area contributed by atoms with Crippen LogP contribution in [-0.2, 0) is 12.7 Å². The molecular formula is C30H26F5N5O3S. The van der Waals surface area contributed by atoms with Crippen LogP contribution in [0.15, 0.2) is 58.5 Å². The molecule has 0 bridgehead atoms. The van der Waals surface area contributed by atoms with Crippen LogP contribution >= 0.6 is 11.8 Å². The Bertz CT molecular complexity index is 1820. The third-order valence-electron chi connectivity index (χ3n) is 8.11. The molecule has 1 fully saturated rings. The molecule has 1 saturated heterocycles. The summed E-state index contributed by atoms with van der Waals surface area (Å²) in [6.45, 7) is 3.57. The molecule has 0 spiro atoms. The number of anilines is 1. The molecule has 4 heterocycles. The number of carboxylic acid groups (broad SMARTS) is 1. The third kappa shape index (κ3) is 5.24. The number of carbonyl (C=O) groups is 1. The van der Waals surface area contributed by atoms with E-state index < -0.39 is 53.2 Å². The molecule has 0 aliphatic carbocycles. The van der Waals surface area contributed by atoms with Crippen LogP contribution in [0.25, 0.3) is 22.0 Å². The molecule has 0 unspecified atom stereocenters. The fourth-order valence-electron chi connectivity index (χ4n) is 6.25. The van der Waals surface area contributed by atoms with Crippen LogP contribution in [0.5, 0.6) is 0 Å². The molecule has 2 aromatic carbocycles. The maximum absolute atomic E-state index is 14.9. The second-order valence-electron chi connectivity index (χ2n) is 11.1. The Morgan fingerprint density at radius 2 is 1.68 bits per heavy atom. The molecular weight excluding hydrogens is 605 g/mol. The SMILES string of the molecule is C[C@@H]1CN(c2nc(=O)n3c4c(c(-c5ccc(F)cc5)c(C(F)(F)F)cc24)SC[C@@H](c2cncc(F)c2)C3)C[C@H](C)N1C(=O)O. The number of nitrogens with zero attached hydrogens (tertiary/aromatic N) is 5. The number of piperazine rings is 1. The first-order chi connectivity index (χ1) is 20.8. The van der Waals surface area contributed by atoms with Crippen LogP contribution in [0.2, 0.25) is 0 Å². The first kappa shape index (κ1) is 29.9. The molecule has 0 saturated carbocycles. The second kappa shape index (κ2) is 11.1. The Balaban J connectivity index is 1.64. The highest BCUT2D eigenvalue weighted by Crippen LogP contribution is 2.49. The number of amides is 1. The highest BCUT2D eigenvalue weighted by Gasteiger charge is 2.40. The van der Waals surface area contributed by atoms with Gasteiger partial charge in [-0.2, -0.15) is 18.2 Å². The maximum Gasteiger partial charge on any atom is 0.417 e. The van der Waals surface area contributed by atoms with E-state index in [1.807, 2.05) is 0 Å². The highest BCUT2D eigenvalue weighted by molar-refractivity contribution is 7.99. The largest absolute Gasteiger partial charge is 0.465 e. The molecule has 8 nitrogen and oxygen atoms in total. The van der Waals surface area contributed by atoms with Crippen molar-refractivity contribution < 1.29 is 31.9 Å². The Labute approximate surface area is 252 Å². The summed E-state index contributed by atoms with van der Waals surface area (Å²) in [5.41, 5.74) is -1.08. The second-order valence-corrected chi connectivity index (χ2v) is 12.1. The van der Waals surface area contributed by atoms with Crippen LogP contribution in [0.3, 0.4) is 0 Å². The van der Waals surface area contributed by atoms with E-state index in [-0.39, 0.29) is 58.1 Å². The standard InChI is InChI=1S/C30H26F5N5O3S/c1-15-11-38(12-16(2)40(15)29(42)43)27-22-8-23(30(33,34)35)24(17-3-5-20(31)6-4-17)26-25(22)39(28(41)37-27)13-19(14-44-26)18-7-21(32)10-36-9-18/h3-10,15-16,19H,11-14H2,1-2H3,(H,42,43)/t15-,16+,19-/m0/s1. The molecule has 44 heavy (non-hydrogen) atoms. The van der Waals surface area contributed by atoms with Crippen molar-refractivity contribution in [2.24, 2.45) is 0 Å². The van der Waals surface area contributed by atoms with Crippen molar-refractivity contribution in [3.05, 3.63) is 82.0 Å². The van der Waals surface area contributed by atoms with Crippen LogP contribution in [0, 0.1) is 11.6 Å². The quantitative estimate of drug-likeness (QED) is 0.269. The summed E-state index contributed by atoms with van der Waals surface area (Å²) in [6, 6.07) is 5.86. The zero-order valence-corrected chi connectivity index (χ0v) is 24.3. The summed E-state index contributed by atoms with van der Waals surface area (Å²) in [5.74, 6) is -1.49. The van der Waals surface area contributed by atoms with Gasteiger partial charge in [-0.3, -0.25) is 14.5 Å². The monoisotopic (exact) mass is 631 g/mol. The summed E-state index contributed by atoms with van der Waals surface area (Å²) in [5, 5.41) is 9.75. The predicted molar refractivity (Wildman–Crippen MR) is 155 cm³/mol. The maximum atomic E-state index is 14.9. The molecule has 230 valence electrons. The third-order valence-corrected chi connectivity index (χ3v) is 9.36. The lowest BCUT2D eigenvalue weighted by molar-refractivity contribution is -0.137. The molecule has 2 aromatic heterocycles. The van der Waals surface area contributed by atoms with E-state index in [0.717, 1.165) is 36.2 Å². The van der Waals surface area contributed by atoms with Gasteiger partial charge in [-0.1, -0.05) is 12.1 Å². The van der Waals surface area contributed by atoms with Gasteiger partial charge in [0, 0.05) is 53.3 Å². The number of benzene rings is 2. The lowest BCUT2D eigenvalue weighted by Gasteiger charge is -2.43. The van der Waals surface area contributed by atoms with Crippen LogP contribution in [0.4, 0.5) is 32.6 Å². The minimum Gasteiger partial charge on any atom is -0.465 e. The number of pyridine rings is 1. The molecule has 2 aliphatic rings. The zero-order valence-electron chi connectivity index (χ0n) is 23.5. The van der Waals surface area contributed by atoms with Crippen LogP contribution in [-0.4, -0.2) is 61.6 Å². The number of thioether (sulfide) groups is 1. The van der Waals surface area contributed by atoms with Gasteiger partial charge in [0.05, 0.1) is 29.4 Å². The molecule has 1 amide bonds. The van der Waals surface area contributed by atoms with Gasteiger partial charge in [-0.05, 0) is 49.2 Å². The predicted octanol–water partition coefficient (Wildman–Crippen LogP) is 6.22. The Morgan fingerprint density at radius 3 is 2.30 bits per heavy atom. The van der Waals surface area contributed by atoms with Crippen molar-refractivity contribution in [3.8, 4) is 11.1 Å². The smallest absolute Gasteiger partial charge is 0.417 e. The van der Waals surface area contributed by atoms with E-state index in [9.17, 15) is 36.6 Å². The average Bonchev–Trinajstić information content (AvgIpc) is 3.15. The highest BCUT2D eigenvalue weighted by atomic mass is 32.2. The van der Waals surface area contributed by atoms with Gasteiger partial charge in [-0.25, -0.2) is 18.4 Å². The minimum atomic E-state index is -4.84. The van der Waals surface area contributed by atoms with Gasteiger partial charge < -0.3 is 10.0 Å². The van der Waals surface area contributed by atoms with Gasteiger partial charge in [0.2, 0.25) is 0 Å². The fourth-order valence-corrected chi connectivity index (χ4v) is 7.65. The van der Waals surface area contributed by atoms with Gasteiger partial charge in [0.1, 0.15) is 17.5 Å². The molecule has 2 aliphatic heterocycles. The Morgan fingerprint density at radius 1 is 1.00 bits per heavy atom. The number of halogens is 5. The molecule has 6 rings (SSSR count). The summed E-state index contributed by atoms with van der Waals surface area (Å²) in [4.78, 5) is 36.9. The van der Waals surface area contributed by atoms with E-state index >= 15 is 0 Å². The van der Waals surface area contributed by atoms with Gasteiger partial charge in [-0.15, -0.1) is 11.8 Å². The van der Waals surface area contributed by atoms with E-state index in [2.05, 4.69) is 9.97 Å². The van der Waals surface area contributed by atoms with Gasteiger partial charge >= 0.3 is 18.0 Å². The van der Waals surface area contributed by atoms with Crippen molar-refractivity contribution in [2.45, 2.75) is 49.5 Å². The van der Waals surface area contributed by atoms with Crippen molar-refractivity contribution in [1.29, 1.82) is 0 Å². The summed E-state index contributed by atoms with van der Waals surface area (Å²) < 4.78 is 74.0. The lowest BCUT2D eigenvalue weighted by atomic mass is 9.96. The lowest BCUT2D eigenvalue weighted by Crippen LogP contribution is -2.58. The average molecular weight is 632 g/mol. The van der Waals surface area contributed by atoms with Gasteiger partial charge in [0.15, 0.2) is 0 Å². The van der Waals surface area contributed by atoms with Crippen molar-refractivity contribution >= 4 is 34.6 Å². The number of rotatable bonds is 3. The minimum absolute atomic E-state index is 0.00155. The number of hydrogen-bond acceptors (Lipinski definition) is 6. The summed E-state index contributed by atoms with van der Waals surface area (Å²) in [6.07, 6.45) is -3.46. The Hall–Kier alpha value is -4.20. The van der Waals surface area contributed by atoms with Crippen molar-refractivity contribution in [1.82, 2.24) is 19.4 Å². The molecule has 4 aromatic rings. The topological polar surface area (TPSA) is 91.6 Å². The molecule has 3 atom stereocenters. The Kier molecular flexibility index (Phi) is 7.50. The van der Waals surface area contributed by atoms with E-state index in [1.54, 1.807) is 18.7 Å². The summed E-state index contributed by atoms with van der Waals surface area (Å²) in [7, 11) is 0. The zero-order chi connectivity index (χ0) is 31.5. The number of alkyl halides is 3. The first-order valence-electron chi connectivity index (χ1n) is 13.8. The number of aromatic nitrogens is 3. The van der Waals surface area contributed by atoms with E-state index in [4.69, 9.17) is 0 Å². The number of hydrogen-bond donors (Lipinski definition) is 1. The summed E-state index contributed by atoms with van der Waals surface area (Å²) >= 11 is 1.10.